The Morgan fingerprint density at radius 2 is 1.63 bits per heavy atom. The highest BCUT2D eigenvalue weighted by Crippen LogP contribution is 2.27. The number of rotatable bonds is 2. The van der Waals surface area contributed by atoms with Crippen LogP contribution in [0.25, 0.3) is 0 Å². The molecule has 0 saturated carbocycles. The number of hydrogen-bond acceptors (Lipinski definition) is 1. The summed E-state index contributed by atoms with van der Waals surface area (Å²) in [7, 11) is 0. The van der Waals surface area contributed by atoms with E-state index in [1.165, 1.54) is 23.3 Å². The molecule has 0 aliphatic carbocycles. The molecule has 2 aromatic rings. The standard InChI is InChI=1S/C15H12BrF2N/c16-13-2-1-11-8-19(9-12(11)5-13)7-10-3-14(17)6-15(18)4-10/h1-6H,7-9H2. The lowest BCUT2D eigenvalue weighted by Gasteiger charge is -2.14. The van der Waals surface area contributed by atoms with Gasteiger partial charge in [-0.15, -0.1) is 0 Å². The van der Waals surface area contributed by atoms with E-state index >= 15 is 0 Å². The van der Waals surface area contributed by atoms with Crippen LogP contribution in [0, 0.1) is 11.6 Å². The highest BCUT2D eigenvalue weighted by Gasteiger charge is 2.19. The van der Waals surface area contributed by atoms with Gasteiger partial charge in [0.05, 0.1) is 0 Å². The molecule has 0 bridgehead atoms. The minimum absolute atomic E-state index is 0.519. The van der Waals surface area contributed by atoms with Crippen molar-refractivity contribution in [3.63, 3.8) is 0 Å². The highest BCUT2D eigenvalue weighted by atomic mass is 79.9. The van der Waals surface area contributed by atoms with E-state index < -0.39 is 11.6 Å². The Balaban J connectivity index is 1.76. The summed E-state index contributed by atoms with van der Waals surface area (Å²) in [5, 5.41) is 0. The number of hydrogen-bond donors (Lipinski definition) is 0. The van der Waals surface area contributed by atoms with Crippen molar-refractivity contribution >= 4 is 15.9 Å². The second kappa shape index (κ2) is 5.02. The fourth-order valence-electron chi connectivity index (χ4n) is 2.51. The zero-order chi connectivity index (χ0) is 13.4. The first-order chi connectivity index (χ1) is 9.10. The molecule has 0 aromatic heterocycles. The quantitative estimate of drug-likeness (QED) is 0.798. The molecular formula is C15H12BrF2N. The second-order valence-electron chi connectivity index (χ2n) is 4.84. The lowest BCUT2D eigenvalue weighted by Crippen LogP contribution is -2.15. The minimum atomic E-state index is -0.519. The Hall–Kier alpha value is -1.26. The maximum Gasteiger partial charge on any atom is 0.126 e. The molecule has 98 valence electrons. The molecule has 0 saturated heterocycles. The van der Waals surface area contributed by atoms with E-state index in [9.17, 15) is 8.78 Å². The summed E-state index contributed by atoms with van der Waals surface area (Å²) < 4.78 is 27.4. The molecule has 2 aromatic carbocycles. The first kappa shape index (κ1) is 12.8. The SMILES string of the molecule is Fc1cc(F)cc(CN2Cc3ccc(Br)cc3C2)c1. The Kier molecular flexibility index (Phi) is 3.37. The third-order valence-corrected chi connectivity index (χ3v) is 3.78. The molecule has 1 aliphatic heterocycles. The van der Waals surface area contributed by atoms with Gasteiger partial charge < -0.3 is 0 Å². The van der Waals surface area contributed by atoms with Gasteiger partial charge in [-0.3, -0.25) is 4.90 Å². The summed E-state index contributed by atoms with van der Waals surface area (Å²) in [5.74, 6) is -1.04. The highest BCUT2D eigenvalue weighted by molar-refractivity contribution is 9.10. The molecule has 19 heavy (non-hydrogen) atoms. The van der Waals surface area contributed by atoms with Crippen LogP contribution in [0.1, 0.15) is 16.7 Å². The van der Waals surface area contributed by atoms with E-state index in [-0.39, 0.29) is 0 Å². The number of halogens is 3. The van der Waals surface area contributed by atoms with E-state index in [1.807, 2.05) is 6.07 Å². The Morgan fingerprint density at radius 1 is 0.947 bits per heavy atom. The molecule has 4 heteroatoms. The molecule has 0 N–H and O–H groups in total. The minimum Gasteiger partial charge on any atom is -0.291 e. The molecule has 0 spiro atoms. The van der Waals surface area contributed by atoms with Gasteiger partial charge in [0.25, 0.3) is 0 Å². The Morgan fingerprint density at radius 3 is 2.37 bits per heavy atom. The fraction of sp³-hybridized carbons (Fsp3) is 0.200. The van der Waals surface area contributed by atoms with Crippen molar-refractivity contribution in [2.24, 2.45) is 0 Å². The van der Waals surface area contributed by atoms with Gasteiger partial charge in [0.2, 0.25) is 0 Å². The van der Waals surface area contributed by atoms with Crippen molar-refractivity contribution in [1.82, 2.24) is 4.90 Å². The zero-order valence-electron chi connectivity index (χ0n) is 10.2. The van der Waals surface area contributed by atoms with Crippen LogP contribution >= 0.6 is 15.9 Å². The van der Waals surface area contributed by atoms with Crippen molar-refractivity contribution in [3.8, 4) is 0 Å². The van der Waals surface area contributed by atoms with Gasteiger partial charge in [-0.2, -0.15) is 0 Å². The van der Waals surface area contributed by atoms with Crippen LogP contribution in [0.4, 0.5) is 8.78 Å². The topological polar surface area (TPSA) is 3.24 Å². The molecular weight excluding hydrogens is 312 g/mol. The predicted octanol–water partition coefficient (Wildman–Crippen LogP) is 4.24. The van der Waals surface area contributed by atoms with Gasteiger partial charge in [0.1, 0.15) is 11.6 Å². The average Bonchev–Trinajstić information content (AvgIpc) is 2.68. The maximum atomic E-state index is 13.2. The number of benzene rings is 2. The average molecular weight is 324 g/mol. The summed E-state index contributed by atoms with van der Waals surface area (Å²) in [4.78, 5) is 2.17. The summed E-state index contributed by atoms with van der Waals surface area (Å²) >= 11 is 3.45. The molecule has 0 fully saturated rings. The smallest absolute Gasteiger partial charge is 0.126 e. The number of fused-ring (bicyclic) bond motifs is 1. The van der Waals surface area contributed by atoms with Crippen molar-refractivity contribution in [3.05, 3.63) is 69.2 Å². The molecule has 1 nitrogen and oxygen atoms in total. The molecule has 0 unspecified atom stereocenters. The Labute approximate surface area is 119 Å². The third kappa shape index (κ3) is 2.85. The summed E-state index contributed by atoms with van der Waals surface area (Å²) in [5.41, 5.74) is 3.22. The summed E-state index contributed by atoms with van der Waals surface area (Å²) in [6.45, 7) is 2.19. The predicted molar refractivity (Wildman–Crippen MR) is 73.5 cm³/mol. The Bertz CT molecular complexity index is 607. The zero-order valence-corrected chi connectivity index (χ0v) is 11.8. The van der Waals surface area contributed by atoms with Gasteiger partial charge in [-0.05, 0) is 41.0 Å². The van der Waals surface area contributed by atoms with Crippen molar-refractivity contribution < 1.29 is 8.78 Å². The van der Waals surface area contributed by atoms with Crippen LogP contribution in [-0.2, 0) is 19.6 Å². The van der Waals surface area contributed by atoms with Crippen LogP contribution in [0.3, 0.4) is 0 Å². The van der Waals surface area contributed by atoms with E-state index in [0.29, 0.717) is 12.1 Å². The van der Waals surface area contributed by atoms with Crippen LogP contribution in [-0.4, -0.2) is 4.90 Å². The van der Waals surface area contributed by atoms with Crippen LogP contribution in [0.15, 0.2) is 40.9 Å². The molecule has 0 amide bonds. The van der Waals surface area contributed by atoms with Crippen molar-refractivity contribution in [2.45, 2.75) is 19.6 Å². The molecule has 1 heterocycles. The first-order valence-corrected chi connectivity index (χ1v) is 6.84. The van der Waals surface area contributed by atoms with Gasteiger partial charge in [0, 0.05) is 30.2 Å². The number of nitrogens with zero attached hydrogens (tertiary/aromatic N) is 1. The summed E-state index contributed by atoms with van der Waals surface area (Å²) in [6, 6.07) is 9.89. The van der Waals surface area contributed by atoms with E-state index in [0.717, 1.165) is 23.6 Å². The monoisotopic (exact) mass is 323 g/mol. The molecule has 0 atom stereocenters. The lowest BCUT2D eigenvalue weighted by atomic mass is 10.1. The first-order valence-electron chi connectivity index (χ1n) is 6.05. The van der Waals surface area contributed by atoms with E-state index in [4.69, 9.17) is 0 Å². The largest absolute Gasteiger partial charge is 0.291 e. The van der Waals surface area contributed by atoms with Crippen LogP contribution in [0.2, 0.25) is 0 Å². The summed E-state index contributed by atoms with van der Waals surface area (Å²) in [6.07, 6.45) is 0. The molecule has 0 radical (unpaired) electrons. The van der Waals surface area contributed by atoms with Gasteiger partial charge in [-0.1, -0.05) is 22.0 Å². The molecule has 1 aliphatic rings. The van der Waals surface area contributed by atoms with E-state index in [1.54, 1.807) is 0 Å². The van der Waals surface area contributed by atoms with Crippen LogP contribution in [0.5, 0.6) is 0 Å². The van der Waals surface area contributed by atoms with Crippen molar-refractivity contribution in [2.75, 3.05) is 0 Å². The van der Waals surface area contributed by atoms with Crippen molar-refractivity contribution in [1.29, 1.82) is 0 Å². The van der Waals surface area contributed by atoms with E-state index in [2.05, 4.69) is 33.0 Å². The molecule has 3 rings (SSSR count). The van der Waals surface area contributed by atoms with Gasteiger partial charge >= 0.3 is 0 Å². The van der Waals surface area contributed by atoms with Gasteiger partial charge in [-0.25, -0.2) is 8.78 Å². The van der Waals surface area contributed by atoms with Crippen LogP contribution < -0.4 is 0 Å². The maximum absolute atomic E-state index is 13.2. The second-order valence-corrected chi connectivity index (χ2v) is 5.75. The lowest BCUT2D eigenvalue weighted by molar-refractivity contribution is 0.274. The fourth-order valence-corrected chi connectivity index (χ4v) is 2.91. The third-order valence-electron chi connectivity index (χ3n) is 3.28. The normalized spacial score (nSPS) is 14.7. The van der Waals surface area contributed by atoms with Gasteiger partial charge in [0.15, 0.2) is 0 Å².